The summed E-state index contributed by atoms with van der Waals surface area (Å²) in [5.41, 5.74) is 0.754. The predicted molar refractivity (Wildman–Crippen MR) is 97.4 cm³/mol. The fourth-order valence-corrected chi connectivity index (χ4v) is 2.84. The third-order valence-corrected chi connectivity index (χ3v) is 4.02. The first kappa shape index (κ1) is 18.8. The van der Waals surface area contributed by atoms with Crippen molar-refractivity contribution in [1.29, 1.82) is 0 Å². The summed E-state index contributed by atoms with van der Waals surface area (Å²) in [6, 6.07) is 9.30. The monoisotopic (exact) mass is 346 g/mol. The average Bonchev–Trinajstić information content (AvgIpc) is 2.63. The Morgan fingerprint density at radius 1 is 1.32 bits per heavy atom. The molecule has 1 saturated heterocycles. The molecule has 25 heavy (non-hydrogen) atoms. The summed E-state index contributed by atoms with van der Waals surface area (Å²) in [6.07, 6.45) is 1.71. The Bertz CT molecular complexity index is 604. The quantitative estimate of drug-likeness (QED) is 0.479. The summed E-state index contributed by atoms with van der Waals surface area (Å²) in [7, 11) is 1.67. The number of hydrogen-bond donors (Lipinski definition) is 2. The Hall–Kier alpha value is -2.57. The average molecular weight is 346 g/mol. The highest BCUT2D eigenvalue weighted by molar-refractivity contribution is 5.95. The van der Waals surface area contributed by atoms with Gasteiger partial charge >= 0.3 is 5.97 Å². The standard InChI is InChI=1S/C18H26N4O3/c1-3-25-17(24)14-8-7-11-22(13-14)18(19-2)20-12-16(23)21-15-9-5-4-6-10-15/h4-6,9-10,14H,3,7-8,11-13H2,1-2H3,(H,19,20)(H,21,23). The van der Waals surface area contributed by atoms with Gasteiger partial charge in [0.05, 0.1) is 19.1 Å². The summed E-state index contributed by atoms with van der Waals surface area (Å²) in [4.78, 5) is 30.2. The molecule has 1 amide bonds. The van der Waals surface area contributed by atoms with Gasteiger partial charge in [-0.05, 0) is 31.9 Å². The molecule has 7 heteroatoms. The molecule has 1 aliphatic heterocycles. The van der Waals surface area contributed by atoms with Gasteiger partial charge in [-0.1, -0.05) is 18.2 Å². The number of amides is 1. The van der Waals surface area contributed by atoms with Crippen molar-refractivity contribution in [2.45, 2.75) is 19.8 Å². The van der Waals surface area contributed by atoms with Crippen LogP contribution in [0.4, 0.5) is 5.69 Å². The molecule has 0 aliphatic carbocycles. The van der Waals surface area contributed by atoms with E-state index in [1.54, 1.807) is 7.05 Å². The van der Waals surface area contributed by atoms with Crippen molar-refractivity contribution in [2.24, 2.45) is 10.9 Å². The maximum absolute atomic E-state index is 12.1. The normalized spacial score (nSPS) is 17.8. The molecule has 136 valence electrons. The van der Waals surface area contributed by atoms with Gasteiger partial charge in [0.15, 0.2) is 5.96 Å². The van der Waals surface area contributed by atoms with Gasteiger partial charge in [0.25, 0.3) is 0 Å². The van der Waals surface area contributed by atoms with Crippen LogP contribution in [0.3, 0.4) is 0 Å². The predicted octanol–water partition coefficient (Wildman–Crippen LogP) is 1.48. The topological polar surface area (TPSA) is 83.0 Å². The van der Waals surface area contributed by atoms with Crippen molar-refractivity contribution in [1.82, 2.24) is 10.2 Å². The number of rotatable bonds is 5. The van der Waals surface area contributed by atoms with Crippen molar-refractivity contribution in [2.75, 3.05) is 38.6 Å². The Balaban J connectivity index is 1.85. The number of nitrogens with zero attached hydrogens (tertiary/aromatic N) is 2. The number of carbonyl (C=O) groups is 2. The molecule has 1 aliphatic rings. The first-order valence-corrected chi connectivity index (χ1v) is 8.61. The van der Waals surface area contributed by atoms with Gasteiger partial charge in [-0.15, -0.1) is 0 Å². The number of carbonyl (C=O) groups excluding carboxylic acids is 2. The summed E-state index contributed by atoms with van der Waals surface area (Å²) < 4.78 is 5.12. The van der Waals surface area contributed by atoms with Crippen LogP contribution >= 0.6 is 0 Å². The fourth-order valence-electron chi connectivity index (χ4n) is 2.84. The number of hydrogen-bond acceptors (Lipinski definition) is 4. The molecule has 7 nitrogen and oxygen atoms in total. The second-order valence-corrected chi connectivity index (χ2v) is 5.85. The van der Waals surface area contributed by atoms with E-state index in [2.05, 4.69) is 15.6 Å². The van der Waals surface area contributed by atoms with E-state index in [1.165, 1.54) is 0 Å². The van der Waals surface area contributed by atoms with Crippen molar-refractivity contribution in [3.8, 4) is 0 Å². The number of para-hydroxylation sites is 1. The molecule has 0 spiro atoms. The third kappa shape index (κ3) is 5.77. The number of ether oxygens (including phenoxy) is 1. The van der Waals surface area contributed by atoms with Gasteiger partial charge in [0.2, 0.25) is 5.91 Å². The SMILES string of the molecule is CCOC(=O)C1CCCN(C(=NC)NCC(=O)Nc2ccccc2)C1. The lowest BCUT2D eigenvalue weighted by Gasteiger charge is -2.33. The van der Waals surface area contributed by atoms with E-state index < -0.39 is 0 Å². The lowest BCUT2D eigenvalue weighted by Crippen LogP contribution is -2.49. The smallest absolute Gasteiger partial charge is 0.310 e. The zero-order valence-electron chi connectivity index (χ0n) is 14.8. The van der Waals surface area contributed by atoms with E-state index in [-0.39, 0.29) is 24.3 Å². The van der Waals surface area contributed by atoms with E-state index in [1.807, 2.05) is 42.2 Å². The zero-order chi connectivity index (χ0) is 18.1. The number of benzene rings is 1. The van der Waals surface area contributed by atoms with Crippen molar-refractivity contribution >= 4 is 23.5 Å². The summed E-state index contributed by atoms with van der Waals surface area (Å²) >= 11 is 0. The Morgan fingerprint density at radius 3 is 2.76 bits per heavy atom. The van der Waals surface area contributed by atoms with Crippen LogP contribution in [0.2, 0.25) is 0 Å². The highest BCUT2D eigenvalue weighted by atomic mass is 16.5. The summed E-state index contributed by atoms with van der Waals surface area (Å²) in [5.74, 6) is 0.165. The first-order chi connectivity index (χ1) is 12.1. The molecule has 0 aromatic heterocycles. The van der Waals surface area contributed by atoms with E-state index in [9.17, 15) is 9.59 Å². The van der Waals surface area contributed by atoms with Gasteiger partial charge in [0, 0.05) is 25.8 Å². The van der Waals surface area contributed by atoms with Crippen LogP contribution in [0.15, 0.2) is 35.3 Å². The summed E-state index contributed by atoms with van der Waals surface area (Å²) in [6.45, 7) is 3.67. The Morgan fingerprint density at radius 2 is 2.08 bits per heavy atom. The number of guanidine groups is 1. The van der Waals surface area contributed by atoms with Crippen LogP contribution in [0, 0.1) is 5.92 Å². The molecule has 0 radical (unpaired) electrons. The molecule has 2 N–H and O–H groups in total. The molecule has 0 bridgehead atoms. The highest BCUT2D eigenvalue weighted by Gasteiger charge is 2.28. The van der Waals surface area contributed by atoms with Crippen molar-refractivity contribution < 1.29 is 14.3 Å². The van der Waals surface area contributed by atoms with Crippen molar-refractivity contribution in [3.63, 3.8) is 0 Å². The molecular formula is C18H26N4O3. The second kappa shape index (κ2) is 9.66. The number of anilines is 1. The van der Waals surface area contributed by atoms with Gasteiger partial charge in [-0.2, -0.15) is 0 Å². The molecule has 1 heterocycles. The van der Waals surface area contributed by atoms with E-state index >= 15 is 0 Å². The van der Waals surface area contributed by atoms with E-state index in [0.29, 0.717) is 19.1 Å². The molecular weight excluding hydrogens is 320 g/mol. The van der Waals surface area contributed by atoms with Crippen LogP contribution in [0.25, 0.3) is 0 Å². The minimum absolute atomic E-state index is 0.113. The Labute approximate surface area is 148 Å². The fraction of sp³-hybridized carbons (Fsp3) is 0.500. The van der Waals surface area contributed by atoms with Crippen LogP contribution in [-0.4, -0.2) is 56.0 Å². The maximum Gasteiger partial charge on any atom is 0.310 e. The van der Waals surface area contributed by atoms with Crippen molar-refractivity contribution in [3.05, 3.63) is 30.3 Å². The number of piperidine rings is 1. The molecule has 1 aromatic rings. The minimum Gasteiger partial charge on any atom is -0.466 e. The van der Waals surface area contributed by atoms with Gasteiger partial charge in [0.1, 0.15) is 0 Å². The molecule has 1 aromatic carbocycles. The van der Waals surface area contributed by atoms with Crippen LogP contribution in [0.5, 0.6) is 0 Å². The molecule has 1 unspecified atom stereocenters. The zero-order valence-corrected chi connectivity index (χ0v) is 14.8. The molecule has 1 atom stereocenters. The lowest BCUT2D eigenvalue weighted by atomic mass is 9.98. The van der Waals surface area contributed by atoms with Gasteiger partial charge in [-0.3, -0.25) is 14.6 Å². The van der Waals surface area contributed by atoms with Gasteiger partial charge in [-0.25, -0.2) is 0 Å². The summed E-state index contributed by atoms with van der Waals surface area (Å²) in [5, 5.41) is 5.88. The molecule has 2 rings (SSSR count). The highest BCUT2D eigenvalue weighted by Crippen LogP contribution is 2.18. The Kier molecular flexibility index (Phi) is 7.25. The van der Waals surface area contributed by atoms with Crippen LogP contribution < -0.4 is 10.6 Å². The number of aliphatic imine (C=N–C) groups is 1. The van der Waals surface area contributed by atoms with Crippen LogP contribution in [0.1, 0.15) is 19.8 Å². The van der Waals surface area contributed by atoms with Crippen LogP contribution in [-0.2, 0) is 14.3 Å². The van der Waals surface area contributed by atoms with Gasteiger partial charge < -0.3 is 20.3 Å². The largest absolute Gasteiger partial charge is 0.466 e. The number of nitrogens with one attached hydrogen (secondary N) is 2. The van der Waals surface area contributed by atoms with E-state index in [0.717, 1.165) is 25.1 Å². The number of esters is 1. The molecule has 1 fully saturated rings. The lowest BCUT2D eigenvalue weighted by molar-refractivity contribution is -0.149. The minimum atomic E-state index is -0.163. The first-order valence-electron chi connectivity index (χ1n) is 8.61. The number of likely N-dealkylation sites (tertiary alicyclic amines) is 1. The third-order valence-electron chi connectivity index (χ3n) is 4.02. The second-order valence-electron chi connectivity index (χ2n) is 5.85. The molecule has 0 saturated carbocycles. The maximum atomic E-state index is 12.1. The van der Waals surface area contributed by atoms with E-state index in [4.69, 9.17) is 4.74 Å².